The van der Waals surface area contributed by atoms with E-state index < -0.39 is 0 Å². The molecule has 0 spiro atoms. The van der Waals surface area contributed by atoms with Gasteiger partial charge in [0.15, 0.2) is 0 Å². The van der Waals surface area contributed by atoms with Crippen LogP contribution >= 0.6 is 11.6 Å². The summed E-state index contributed by atoms with van der Waals surface area (Å²) >= 11 is 6.60. The van der Waals surface area contributed by atoms with Crippen molar-refractivity contribution >= 4 is 40.2 Å². The van der Waals surface area contributed by atoms with E-state index in [1.807, 2.05) is 51.6 Å². The molecule has 0 amide bonds. The molecule has 1 aliphatic carbocycles. The van der Waals surface area contributed by atoms with Gasteiger partial charge in [-0.3, -0.25) is 0 Å². The Balaban J connectivity index is 1.64. The van der Waals surface area contributed by atoms with E-state index in [0.29, 0.717) is 41.1 Å². The van der Waals surface area contributed by atoms with Crippen molar-refractivity contribution in [2.75, 3.05) is 33.1 Å². The predicted octanol–water partition coefficient (Wildman–Crippen LogP) is 5.95. The van der Waals surface area contributed by atoms with Crippen molar-refractivity contribution in [2.45, 2.75) is 39.2 Å². The van der Waals surface area contributed by atoms with Crippen molar-refractivity contribution in [3.63, 3.8) is 0 Å². The van der Waals surface area contributed by atoms with Gasteiger partial charge in [-0.05, 0) is 71.0 Å². The topological polar surface area (TPSA) is 86.2 Å². The minimum Gasteiger partial charge on any atom is -0.492 e. The summed E-state index contributed by atoms with van der Waals surface area (Å²) in [5, 5.41) is 15.9. The molecule has 0 unspecified atom stereocenters. The van der Waals surface area contributed by atoms with Gasteiger partial charge >= 0.3 is 0 Å². The molecular formula is C29H35ClN6O. The number of hydrogen-bond donors (Lipinski definition) is 3. The first-order valence-electron chi connectivity index (χ1n) is 12.4. The Hall–Kier alpha value is -3.42. The molecule has 7 nitrogen and oxygen atoms in total. The third-order valence-electron chi connectivity index (χ3n) is 6.95. The van der Waals surface area contributed by atoms with Crippen molar-refractivity contribution in [2.24, 2.45) is 0 Å². The number of anilines is 2. The summed E-state index contributed by atoms with van der Waals surface area (Å²) in [5.41, 5.74) is 6.82. The number of aromatic nitrogens is 2. The molecule has 0 atom stereocenters. The molecule has 0 fully saturated rings. The molecule has 1 aromatic heterocycles. The maximum absolute atomic E-state index is 8.77. The predicted molar refractivity (Wildman–Crippen MR) is 153 cm³/mol. The van der Waals surface area contributed by atoms with Crippen LogP contribution in [0.5, 0.6) is 5.75 Å². The Labute approximate surface area is 224 Å². The largest absolute Gasteiger partial charge is 0.492 e. The highest BCUT2D eigenvalue weighted by Crippen LogP contribution is 2.35. The average Bonchev–Trinajstić information content (AvgIpc) is 2.87. The fourth-order valence-electron chi connectivity index (χ4n) is 4.11. The number of nitrogens with one attached hydrogen (secondary N) is 3. The lowest BCUT2D eigenvalue weighted by atomic mass is 9.87. The van der Waals surface area contributed by atoms with Gasteiger partial charge in [0.1, 0.15) is 12.4 Å². The number of rotatable bonds is 8. The van der Waals surface area contributed by atoms with Gasteiger partial charge < -0.3 is 25.7 Å². The fraction of sp³-hybridized carbons (Fsp3) is 0.345. The van der Waals surface area contributed by atoms with E-state index in [2.05, 4.69) is 53.4 Å². The maximum Gasteiger partial charge on any atom is 0.227 e. The van der Waals surface area contributed by atoms with Crippen molar-refractivity contribution in [3.05, 3.63) is 76.1 Å². The van der Waals surface area contributed by atoms with Crippen LogP contribution in [-0.4, -0.2) is 53.9 Å². The third kappa shape index (κ3) is 5.78. The number of aryl methyl sites for hydroxylation is 2. The smallest absolute Gasteiger partial charge is 0.227 e. The van der Waals surface area contributed by atoms with Gasteiger partial charge in [0, 0.05) is 41.7 Å². The summed E-state index contributed by atoms with van der Waals surface area (Å²) < 4.78 is 5.99. The van der Waals surface area contributed by atoms with E-state index >= 15 is 0 Å². The summed E-state index contributed by atoms with van der Waals surface area (Å²) in [7, 11) is 5.95. The zero-order valence-electron chi connectivity index (χ0n) is 22.4. The van der Waals surface area contributed by atoms with Crippen molar-refractivity contribution in [1.82, 2.24) is 20.2 Å². The number of allylic oxidation sites excluding steroid dienone is 1. The summed E-state index contributed by atoms with van der Waals surface area (Å²) in [4.78, 5) is 11.5. The normalized spacial score (nSPS) is 14.9. The van der Waals surface area contributed by atoms with Crippen LogP contribution in [0.15, 0.2) is 48.7 Å². The lowest BCUT2D eigenvalue weighted by Gasteiger charge is -2.32. The van der Waals surface area contributed by atoms with Crippen LogP contribution < -0.4 is 15.4 Å². The molecule has 0 saturated heterocycles. The van der Waals surface area contributed by atoms with Gasteiger partial charge in [-0.1, -0.05) is 35.9 Å². The van der Waals surface area contributed by atoms with Crippen molar-refractivity contribution in [1.29, 1.82) is 5.41 Å². The average molecular weight is 519 g/mol. The number of benzene rings is 2. The minimum absolute atomic E-state index is 0.107. The van der Waals surface area contributed by atoms with Crippen molar-refractivity contribution < 1.29 is 4.74 Å². The molecule has 1 heterocycles. The van der Waals surface area contributed by atoms with Gasteiger partial charge in [-0.2, -0.15) is 0 Å². The molecule has 0 saturated carbocycles. The van der Waals surface area contributed by atoms with Crippen LogP contribution in [0.4, 0.5) is 11.6 Å². The molecule has 8 heteroatoms. The van der Waals surface area contributed by atoms with Crippen LogP contribution in [0.3, 0.4) is 0 Å². The van der Waals surface area contributed by atoms with E-state index in [-0.39, 0.29) is 5.54 Å². The maximum atomic E-state index is 8.77. The Morgan fingerprint density at radius 2 is 1.92 bits per heavy atom. The van der Waals surface area contributed by atoms with Gasteiger partial charge in [0.25, 0.3) is 0 Å². The highest BCUT2D eigenvalue weighted by atomic mass is 35.5. The monoisotopic (exact) mass is 518 g/mol. The molecule has 0 aliphatic heterocycles. The minimum atomic E-state index is -0.107. The van der Waals surface area contributed by atoms with Gasteiger partial charge in [0.2, 0.25) is 5.95 Å². The molecule has 37 heavy (non-hydrogen) atoms. The fourth-order valence-corrected chi connectivity index (χ4v) is 4.33. The molecule has 0 bridgehead atoms. The molecular weight excluding hydrogens is 484 g/mol. The highest BCUT2D eigenvalue weighted by Gasteiger charge is 2.26. The lowest BCUT2D eigenvalue weighted by molar-refractivity contribution is 0.114. The number of fused-ring (bicyclic) bond motifs is 1. The van der Waals surface area contributed by atoms with E-state index in [4.69, 9.17) is 26.7 Å². The zero-order chi connectivity index (χ0) is 26.7. The SMILES string of the molecule is CN/C(=C1\C(=N)CCc2cnc(Nc3ccc(OCC(C)(C)N(C)C)cc3Cl)nc21)c1ccccc1C. The summed E-state index contributed by atoms with van der Waals surface area (Å²) in [6, 6.07) is 13.7. The molecule has 0 radical (unpaired) electrons. The Morgan fingerprint density at radius 3 is 2.59 bits per heavy atom. The highest BCUT2D eigenvalue weighted by molar-refractivity contribution is 6.33. The number of ether oxygens (including phenoxy) is 1. The molecule has 2 aromatic carbocycles. The first-order valence-corrected chi connectivity index (χ1v) is 12.8. The van der Waals surface area contributed by atoms with Crippen LogP contribution in [-0.2, 0) is 6.42 Å². The Morgan fingerprint density at radius 1 is 1.16 bits per heavy atom. The summed E-state index contributed by atoms with van der Waals surface area (Å²) in [5.74, 6) is 1.13. The van der Waals surface area contributed by atoms with Crippen LogP contribution in [0, 0.1) is 12.3 Å². The molecule has 4 rings (SSSR count). The first kappa shape index (κ1) is 26.6. The quantitative estimate of drug-likeness (QED) is 0.341. The summed E-state index contributed by atoms with van der Waals surface area (Å²) in [6.45, 7) is 6.86. The van der Waals surface area contributed by atoms with Gasteiger partial charge in [-0.15, -0.1) is 0 Å². The second-order valence-electron chi connectivity index (χ2n) is 10.1. The zero-order valence-corrected chi connectivity index (χ0v) is 23.1. The third-order valence-corrected chi connectivity index (χ3v) is 7.26. The standard InChI is InChI=1S/C29H35ClN6O/c1-18-9-7-8-10-21(18)27(32-4)25-23(31)13-11-19-16-33-28(35-26(19)25)34-24-14-12-20(15-22(24)30)37-17-29(2,3)36(5)6/h7-10,12,14-16,31-32H,11,13,17H2,1-6H3,(H,33,34,35)/b27-25+,31-23?. The van der Waals surface area contributed by atoms with E-state index in [1.54, 1.807) is 6.07 Å². The number of hydrogen-bond acceptors (Lipinski definition) is 7. The van der Waals surface area contributed by atoms with Gasteiger partial charge in [-0.25, -0.2) is 9.97 Å². The van der Waals surface area contributed by atoms with Crippen LogP contribution in [0.1, 0.15) is 42.7 Å². The number of halogens is 1. The molecule has 3 aromatic rings. The van der Waals surface area contributed by atoms with E-state index in [1.165, 1.54) is 0 Å². The van der Waals surface area contributed by atoms with Gasteiger partial charge in [0.05, 0.1) is 22.1 Å². The molecule has 3 N–H and O–H groups in total. The molecule has 1 aliphatic rings. The Bertz CT molecular complexity index is 1350. The first-order chi connectivity index (χ1) is 17.6. The second-order valence-corrected chi connectivity index (χ2v) is 10.5. The number of nitrogens with zero attached hydrogens (tertiary/aromatic N) is 3. The van der Waals surface area contributed by atoms with E-state index in [0.717, 1.165) is 40.1 Å². The van der Waals surface area contributed by atoms with E-state index in [9.17, 15) is 0 Å². The molecule has 194 valence electrons. The van der Waals surface area contributed by atoms with Crippen LogP contribution in [0.25, 0.3) is 11.3 Å². The van der Waals surface area contributed by atoms with Crippen LogP contribution in [0.2, 0.25) is 5.02 Å². The second kappa shape index (κ2) is 10.9. The number of likely N-dealkylation sites (N-methyl/N-ethyl adjacent to an activating group) is 1. The van der Waals surface area contributed by atoms with Crippen molar-refractivity contribution in [3.8, 4) is 5.75 Å². The Kier molecular flexibility index (Phi) is 7.85. The lowest BCUT2D eigenvalue weighted by Crippen LogP contribution is -2.43. The summed E-state index contributed by atoms with van der Waals surface area (Å²) in [6.07, 6.45) is 3.23.